The summed E-state index contributed by atoms with van der Waals surface area (Å²) < 4.78 is 18.1. The van der Waals surface area contributed by atoms with Gasteiger partial charge in [0.1, 0.15) is 11.7 Å². The third-order valence-corrected chi connectivity index (χ3v) is 2.37. The Morgan fingerprint density at radius 2 is 2.17 bits per heavy atom. The maximum absolute atomic E-state index is 13.3. The predicted molar refractivity (Wildman–Crippen MR) is 59.7 cm³/mol. The van der Waals surface area contributed by atoms with Gasteiger partial charge < -0.3 is 4.74 Å². The summed E-state index contributed by atoms with van der Waals surface area (Å²) in [5.74, 6) is -2.42. The minimum atomic E-state index is -0.944. The number of ether oxygens (including phenoxy) is 1. The van der Waals surface area contributed by atoms with Crippen LogP contribution in [0.4, 0.5) is 4.39 Å². The Labute approximate surface area is 116 Å². The molecule has 0 spiro atoms. The van der Waals surface area contributed by atoms with Crippen molar-refractivity contribution in [1.29, 1.82) is 0 Å². The number of esters is 1. The van der Waals surface area contributed by atoms with Gasteiger partial charge in [0.2, 0.25) is 0 Å². The first-order valence-corrected chi connectivity index (χ1v) is 5.38. The van der Waals surface area contributed by atoms with Crippen molar-refractivity contribution in [2.24, 2.45) is 5.92 Å². The van der Waals surface area contributed by atoms with Gasteiger partial charge in [0.05, 0.1) is 6.61 Å². The smallest absolute Gasteiger partial charge is 0.315 e. The van der Waals surface area contributed by atoms with Crippen molar-refractivity contribution >= 4 is 11.8 Å². The van der Waals surface area contributed by atoms with E-state index in [0.29, 0.717) is 5.56 Å². The van der Waals surface area contributed by atoms with Gasteiger partial charge in [-0.3, -0.25) is 9.59 Å². The fourth-order valence-corrected chi connectivity index (χ4v) is 1.46. The van der Waals surface area contributed by atoms with Crippen LogP contribution in [0, 0.1) is 17.8 Å². The summed E-state index contributed by atoms with van der Waals surface area (Å²) in [6, 6.07) is 6.96. The van der Waals surface area contributed by atoms with Crippen LogP contribution in [0.1, 0.15) is 19.4 Å². The van der Waals surface area contributed by atoms with E-state index in [1.807, 2.05) is 0 Å². The van der Waals surface area contributed by atoms with Crippen molar-refractivity contribution in [2.75, 3.05) is 6.61 Å². The van der Waals surface area contributed by atoms with Crippen LogP contribution in [0.2, 0.25) is 0 Å². The molecule has 0 heterocycles. The second-order valence-corrected chi connectivity index (χ2v) is 3.63. The Bertz CT molecular complexity index is 420. The quantitative estimate of drug-likeness (QED) is 0.474. The number of carbonyl (C=O) groups is 2. The molecule has 0 fully saturated rings. The van der Waals surface area contributed by atoms with E-state index in [4.69, 9.17) is 4.74 Å². The first-order chi connectivity index (χ1) is 8.06. The van der Waals surface area contributed by atoms with Crippen LogP contribution >= 0.6 is 0 Å². The Balaban J connectivity index is 0.00000289. The maximum Gasteiger partial charge on any atom is 0.315 e. The van der Waals surface area contributed by atoms with Crippen LogP contribution in [0.15, 0.2) is 18.2 Å². The van der Waals surface area contributed by atoms with Gasteiger partial charge in [0.15, 0.2) is 0 Å². The minimum Gasteiger partial charge on any atom is -0.465 e. The molecule has 1 rings (SSSR count). The van der Waals surface area contributed by atoms with Gasteiger partial charge in [0.25, 0.3) is 0 Å². The fraction of sp³-hybridized carbons (Fsp3) is 0.385. The summed E-state index contributed by atoms with van der Waals surface area (Å²) in [6.45, 7) is 3.16. The molecule has 0 amide bonds. The molecular formula is C13H14CoFO3-. The topological polar surface area (TPSA) is 43.4 Å². The fourth-order valence-electron chi connectivity index (χ4n) is 1.46. The van der Waals surface area contributed by atoms with Crippen molar-refractivity contribution in [3.8, 4) is 0 Å². The van der Waals surface area contributed by atoms with E-state index in [0.717, 1.165) is 0 Å². The summed E-state index contributed by atoms with van der Waals surface area (Å²) in [6.07, 6.45) is 0.0112. The molecule has 0 saturated carbocycles. The molecular weight excluding hydrogens is 282 g/mol. The van der Waals surface area contributed by atoms with Crippen molar-refractivity contribution in [1.82, 2.24) is 0 Å². The van der Waals surface area contributed by atoms with Crippen molar-refractivity contribution in [2.45, 2.75) is 20.3 Å². The van der Waals surface area contributed by atoms with E-state index < -0.39 is 17.7 Å². The number of carbonyl (C=O) groups excluding carboxylic acids is 2. The molecule has 1 atom stereocenters. The second kappa shape index (κ2) is 8.00. The van der Waals surface area contributed by atoms with Crippen molar-refractivity contribution < 1.29 is 35.5 Å². The van der Waals surface area contributed by atoms with E-state index in [1.54, 1.807) is 13.0 Å². The van der Waals surface area contributed by atoms with E-state index in [1.165, 1.54) is 19.1 Å². The molecule has 1 aromatic carbocycles. The zero-order chi connectivity index (χ0) is 12.8. The number of Topliss-reactive ketones (excluding diaryl/α,β-unsaturated/α-hetero) is 1. The normalized spacial score (nSPS) is 11.3. The summed E-state index contributed by atoms with van der Waals surface area (Å²) >= 11 is 0. The molecule has 0 saturated heterocycles. The van der Waals surface area contributed by atoms with Crippen LogP contribution in [-0.2, 0) is 37.5 Å². The predicted octanol–water partition coefficient (Wildman–Crippen LogP) is 1.93. The Morgan fingerprint density at radius 3 is 2.67 bits per heavy atom. The molecule has 0 bridgehead atoms. The molecule has 0 aromatic heterocycles. The number of hydrogen-bond acceptors (Lipinski definition) is 3. The molecule has 0 aliphatic heterocycles. The largest absolute Gasteiger partial charge is 0.465 e. The van der Waals surface area contributed by atoms with Gasteiger partial charge in [-0.2, -0.15) is 18.2 Å². The van der Waals surface area contributed by atoms with Crippen LogP contribution in [0.25, 0.3) is 0 Å². The van der Waals surface area contributed by atoms with Gasteiger partial charge in [0, 0.05) is 22.6 Å². The van der Waals surface area contributed by atoms with Gasteiger partial charge in [-0.25, -0.2) is 4.39 Å². The maximum atomic E-state index is 13.3. The van der Waals surface area contributed by atoms with E-state index in [-0.39, 0.29) is 35.6 Å². The number of benzene rings is 1. The van der Waals surface area contributed by atoms with Crippen LogP contribution in [0.3, 0.4) is 0 Å². The SMILES string of the molecule is CCOC(=O)C(Cc1ccc[c-]c1F)C(C)=O.[Co]. The Hall–Kier alpha value is -1.20. The molecule has 5 heteroatoms. The molecule has 3 nitrogen and oxygen atoms in total. The Morgan fingerprint density at radius 1 is 1.50 bits per heavy atom. The first kappa shape index (κ1) is 16.8. The summed E-state index contributed by atoms with van der Waals surface area (Å²) in [5.41, 5.74) is 0.292. The zero-order valence-corrected chi connectivity index (χ0v) is 11.2. The third-order valence-electron chi connectivity index (χ3n) is 2.37. The van der Waals surface area contributed by atoms with Gasteiger partial charge >= 0.3 is 5.97 Å². The standard InChI is InChI=1S/C13H14FO3.Co/c1-3-17-13(16)11(9(2)15)8-10-6-4-5-7-12(10)14;/h4-6,11H,3,8H2,1-2H3;/q-1;. The average Bonchev–Trinajstić information content (AvgIpc) is 2.27. The van der Waals surface area contributed by atoms with E-state index in [9.17, 15) is 14.0 Å². The van der Waals surface area contributed by atoms with Crippen LogP contribution in [0.5, 0.6) is 0 Å². The zero-order valence-electron chi connectivity index (χ0n) is 10.2. The van der Waals surface area contributed by atoms with Crippen molar-refractivity contribution in [3.63, 3.8) is 0 Å². The van der Waals surface area contributed by atoms with E-state index >= 15 is 0 Å². The molecule has 18 heavy (non-hydrogen) atoms. The molecule has 101 valence electrons. The minimum absolute atomic E-state index is 0. The molecule has 1 aromatic rings. The van der Waals surface area contributed by atoms with Gasteiger partial charge in [-0.15, -0.1) is 11.6 Å². The summed E-state index contributed by atoms with van der Waals surface area (Å²) in [5, 5.41) is 0. The van der Waals surface area contributed by atoms with Crippen LogP contribution in [-0.4, -0.2) is 18.4 Å². The molecule has 0 aliphatic rings. The summed E-state index contributed by atoms with van der Waals surface area (Å²) in [4.78, 5) is 22.9. The molecule has 0 aliphatic carbocycles. The van der Waals surface area contributed by atoms with Gasteiger partial charge in [-0.05, 0) is 13.8 Å². The van der Waals surface area contributed by atoms with Gasteiger partial charge in [-0.1, -0.05) is 6.42 Å². The van der Waals surface area contributed by atoms with Crippen molar-refractivity contribution in [3.05, 3.63) is 35.6 Å². The molecule has 1 radical (unpaired) electrons. The number of hydrogen-bond donors (Lipinski definition) is 0. The van der Waals surface area contributed by atoms with Crippen LogP contribution < -0.4 is 0 Å². The number of halogens is 1. The Kier molecular flexibility index (Phi) is 7.46. The third kappa shape index (κ3) is 4.58. The average molecular weight is 296 g/mol. The summed E-state index contributed by atoms with van der Waals surface area (Å²) in [7, 11) is 0. The number of rotatable bonds is 5. The van der Waals surface area contributed by atoms with E-state index in [2.05, 4.69) is 6.07 Å². The monoisotopic (exact) mass is 296 g/mol. The first-order valence-electron chi connectivity index (χ1n) is 5.38. The number of ketones is 1. The molecule has 0 N–H and O–H groups in total. The second-order valence-electron chi connectivity index (χ2n) is 3.63. The molecule has 1 unspecified atom stereocenters.